The summed E-state index contributed by atoms with van der Waals surface area (Å²) in [7, 11) is 0. The number of benzene rings is 1. The van der Waals surface area contributed by atoms with Crippen molar-refractivity contribution in [3.8, 4) is 5.75 Å². The maximum absolute atomic E-state index is 12.6. The molecule has 0 aromatic heterocycles. The van der Waals surface area contributed by atoms with Gasteiger partial charge in [-0.3, -0.25) is 4.84 Å². The van der Waals surface area contributed by atoms with Crippen LogP contribution in [0.2, 0.25) is 0 Å². The van der Waals surface area contributed by atoms with E-state index in [0.717, 1.165) is 6.07 Å². The summed E-state index contributed by atoms with van der Waals surface area (Å²) in [6.45, 7) is 0.00356. The summed E-state index contributed by atoms with van der Waals surface area (Å²) in [4.78, 5) is 4.24. The Labute approximate surface area is 63.2 Å². The number of nitrogens with two attached hydrogens (primary N) is 1. The van der Waals surface area contributed by atoms with Crippen LogP contribution in [0.1, 0.15) is 5.56 Å². The molecular weight excluding hydrogens is 149 g/mol. The first-order chi connectivity index (χ1) is 5.25. The molecule has 4 heteroatoms. The zero-order valence-electron chi connectivity index (χ0n) is 5.75. The van der Waals surface area contributed by atoms with Gasteiger partial charge >= 0.3 is 0 Å². The number of hydrogen-bond acceptors (Lipinski definition) is 3. The van der Waals surface area contributed by atoms with E-state index in [1.807, 2.05) is 0 Å². The summed E-state index contributed by atoms with van der Waals surface area (Å²) in [5, 5.41) is 9.02. The molecule has 0 radical (unpaired) electrons. The normalized spacial score (nSPS) is 10.0. The van der Waals surface area contributed by atoms with Crippen LogP contribution in [0.5, 0.6) is 5.75 Å². The Balaban J connectivity index is 2.96. The highest BCUT2D eigenvalue weighted by atomic mass is 19.1. The smallest absolute Gasteiger partial charge is 0.165 e. The van der Waals surface area contributed by atoms with Gasteiger partial charge in [0.2, 0.25) is 0 Å². The van der Waals surface area contributed by atoms with Crippen molar-refractivity contribution >= 4 is 0 Å². The number of para-hydroxylation sites is 1. The number of rotatable bonds is 2. The molecule has 1 rings (SSSR count). The number of hydrogen-bond donors (Lipinski definition) is 2. The van der Waals surface area contributed by atoms with Gasteiger partial charge in [-0.05, 0) is 6.07 Å². The third kappa shape index (κ3) is 1.66. The van der Waals surface area contributed by atoms with Gasteiger partial charge in [0, 0.05) is 5.56 Å². The Kier molecular flexibility index (Phi) is 2.40. The Morgan fingerprint density at radius 2 is 2.27 bits per heavy atom. The molecule has 0 aliphatic rings. The molecular formula is C7H8FNO2. The molecule has 3 N–H and O–H groups in total. The minimum Gasteiger partial charge on any atom is -0.505 e. The molecule has 1 aromatic rings. The summed E-state index contributed by atoms with van der Waals surface area (Å²) in [5.74, 6) is 3.67. The number of phenolic OH excluding ortho intramolecular Hbond substituents is 1. The van der Waals surface area contributed by atoms with E-state index in [4.69, 9.17) is 11.0 Å². The zero-order chi connectivity index (χ0) is 8.27. The first-order valence-corrected chi connectivity index (χ1v) is 3.03. The molecule has 0 unspecified atom stereocenters. The van der Waals surface area contributed by atoms with Gasteiger partial charge in [-0.15, -0.1) is 0 Å². The monoisotopic (exact) mass is 157 g/mol. The van der Waals surface area contributed by atoms with Crippen molar-refractivity contribution in [3.63, 3.8) is 0 Å². The minimum absolute atomic E-state index is 0.00356. The van der Waals surface area contributed by atoms with E-state index in [1.54, 1.807) is 0 Å². The zero-order valence-corrected chi connectivity index (χ0v) is 5.75. The largest absolute Gasteiger partial charge is 0.505 e. The van der Waals surface area contributed by atoms with Crippen molar-refractivity contribution in [1.82, 2.24) is 0 Å². The molecule has 1 aromatic carbocycles. The van der Waals surface area contributed by atoms with Gasteiger partial charge in [0.15, 0.2) is 11.6 Å². The molecule has 0 heterocycles. The van der Waals surface area contributed by atoms with Crippen LogP contribution in [0.4, 0.5) is 4.39 Å². The van der Waals surface area contributed by atoms with E-state index >= 15 is 0 Å². The lowest BCUT2D eigenvalue weighted by Crippen LogP contribution is -1.99. The maximum Gasteiger partial charge on any atom is 0.165 e. The lowest BCUT2D eigenvalue weighted by Gasteiger charge is -2.01. The molecule has 0 amide bonds. The Hall–Kier alpha value is -1.13. The van der Waals surface area contributed by atoms with Crippen molar-refractivity contribution in [2.24, 2.45) is 5.90 Å². The molecule has 0 fully saturated rings. The fraction of sp³-hybridized carbons (Fsp3) is 0.143. The lowest BCUT2D eigenvalue weighted by atomic mass is 10.2. The molecule has 0 bridgehead atoms. The van der Waals surface area contributed by atoms with Crippen LogP contribution < -0.4 is 5.90 Å². The molecule has 0 spiro atoms. The van der Waals surface area contributed by atoms with Crippen LogP contribution in [0, 0.1) is 5.82 Å². The number of aromatic hydroxyl groups is 1. The number of phenols is 1. The van der Waals surface area contributed by atoms with Crippen molar-refractivity contribution in [2.75, 3.05) is 0 Å². The fourth-order valence-corrected chi connectivity index (χ4v) is 0.766. The number of halogens is 1. The second-order valence-electron chi connectivity index (χ2n) is 2.06. The van der Waals surface area contributed by atoms with Crippen LogP contribution >= 0.6 is 0 Å². The lowest BCUT2D eigenvalue weighted by molar-refractivity contribution is 0.121. The second-order valence-corrected chi connectivity index (χ2v) is 2.06. The van der Waals surface area contributed by atoms with Crippen molar-refractivity contribution in [1.29, 1.82) is 0 Å². The molecule has 11 heavy (non-hydrogen) atoms. The highest BCUT2D eigenvalue weighted by Crippen LogP contribution is 2.20. The van der Waals surface area contributed by atoms with Gasteiger partial charge in [0.05, 0.1) is 6.61 Å². The molecule has 0 atom stereocenters. The quantitative estimate of drug-likeness (QED) is 0.627. The summed E-state index contributed by atoms with van der Waals surface area (Å²) in [6.07, 6.45) is 0. The van der Waals surface area contributed by atoms with E-state index in [1.165, 1.54) is 12.1 Å². The molecule has 0 saturated carbocycles. The van der Waals surface area contributed by atoms with Crippen LogP contribution in [0.15, 0.2) is 18.2 Å². The Bertz CT molecular complexity index is 252. The maximum atomic E-state index is 12.6. The van der Waals surface area contributed by atoms with E-state index in [2.05, 4.69) is 4.84 Å². The summed E-state index contributed by atoms with van der Waals surface area (Å²) < 4.78 is 12.6. The first kappa shape index (κ1) is 7.97. The summed E-state index contributed by atoms with van der Waals surface area (Å²) in [6, 6.07) is 4.17. The standard InChI is InChI=1S/C7H8FNO2/c8-6-3-1-2-5(4-11-9)7(6)10/h1-3,10H,4,9H2. The molecule has 60 valence electrons. The van der Waals surface area contributed by atoms with Crippen LogP contribution in [0.3, 0.4) is 0 Å². The average molecular weight is 157 g/mol. The van der Waals surface area contributed by atoms with E-state index in [0.29, 0.717) is 5.56 Å². The van der Waals surface area contributed by atoms with E-state index < -0.39 is 11.6 Å². The predicted octanol–water partition coefficient (Wildman–Crippen LogP) is 0.922. The summed E-state index contributed by atoms with van der Waals surface area (Å²) in [5.41, 5.74) is 0.340. The predicted molar refractivity (Wildman–Crippen MR) is 37.0 cm³/mol. The van der Waals surface area contributed by atoms with Gasteiger partial charge in [-0.1, -0.05) is 12.1 Å². The van der Waals surface area contributed by atoms with E-state index in [9.17, 15) is 4.39 Å². The van der Waals surface area contributed by atoms with E-state index in [-0.39, 0.29) is 6.61 Å². The third-order valence-corrected chi connectivity index (χ3v) is 1.31. The van der Waals surface area contributed by atoms with Gasteiger partial charge in [0.1, 0.15) is 0 Å². The van der Waals surface area contributed by atoms with Crippen molar-refractivity contribution in [3.05, 3.63) is 29.6 Å². The van der Waals surface area contributed by atoms with Gasteiger partial charge in [0.25, 0.3) is 0 Å². The average Bonchev–Trinajstić information content (AvgIpc) is 1.99. The van der Waals surface area contributed by atoms with Crippen molar-refractivity contribution in [2.45, 2.75) is 6.61 Å². The second kappa shape index (κ2) is 3.32. The highest BCUT2D eigenvalue weighted by Gasteiger charge is 2.04. The van der Waals surface area contributed by atoms with Gasteiger partial charge in [-0.25, -0.2) is 10.3 Å². The van der Waals surface area contributed by atoms with Crippen LogP contribution in [0.25, 0.3) is 0 Å². The topological polar surface area (TPSA) is 55.5 Å². The first-order valence-electron chi connectivity index (χ1n) is 3.03. The summed E-state index contributed by atoms with van der Waals surface area (Å²) >= 11 is 0. The minimum atomic E-state index is -0.667. The van der Waals surface area contributed by atoms with Gasteiger partial charge < -0.3 is 5.11 Å². The molecule has 0 aliphatic carbocycles. The Morgan fingerprint density at radius 1 is 1.55 bits per heavy atom. The SMILES string of the molecule is NOCc1cccc(F)c1O. The van der Waals surface area contributed by atoms with Crippen LogP contribution in [-0.4, -0.2) is 5.11 Å². The fourth-order valence-electron chi connectivity index (χ4n) is 0.766. The molecule has 0 saturated heterocycles. The van der Waals surface area contributed by atoms with Crippen molar-refractivity contribution < 1.29 is 14.3 Å². The van der Waals surface area contributed by atoms with Gasteiger partial charge in [-0.2, -0.15) is 0 Å². The Morgan fingerprint density at radius 3 is 2.91 bits per heavy atom. The third-order valence-electron chi connectivity index (χ3n) is 1.31. The highest BCUT2D eigenvalue weighted by molar-refractivity contribution is 5.32. The molecule has 3 nitrogen and oxygen atoms in total. The molecule has 0 aliphatic heterocycles. The van der Waals surface area contributed by atoms with Crippen LogP contribution in [-0.2, 0) is 11.4 Å².